The Morgan fingerprint density at radius 1 is 1.11 bits per heavy atom. The van der Waals surface area contributed by atoms with E-state index in [4.69, 9.17) is 0 Å². The fourth-order valence-electron chi connectivity index (χ4n) is 3.53. The van der Waals surface area contributed by atoms with Crippen LogP contribution in [-0.2, 0) is 6.42 Å². The second-order valence-corrected chi connectivity index (χ2v) is 7.08. The fourth-order valence-corrected chi connectivity index (χ4v) is 3.53. The topological polar surface area (TPSA) is 28.7 Å². The Labute approximate surface area is 166 Å². The van der Waals surface area contributed by atoms with Crippen molar-refractivity contribution in [2.24, 2.45) is 0 Å². The third-order valence-electron chi connectivity index (χ3n) is 5.07. The molecule has 2 aromatic carbocycles. The van der Waals surface area contributed by atoms with Crippen molar-refractivity contribution in [3.63, 3.8) is 0 Å². The molecule has 0 aliphatic carbocycles. The normalized spacial score (nSPS) is 11.5. The first-order valence-corrected chi connectivity index (χ1v) is 9.70. The van der Waals surface area contributed by atoms with Gasteiger partial charge in [-0.2, -0.15) is 5.26 Å². The molecule has 28 heavy (non-hydrogen) atoms. The summed E-state index contributed by atoms with van der Waals surface area (Å²) in [6.07, 6.45) is 5.26. The van der Waals surface area contributed by atoms with Crippen LogP contribution in [0.2, 0.25) is 0 Å². The third-order valence-corrected chi connectivity index (χ3v) is 5.07. The molecule has 0 saturated carbocycles. The average molecular weight is 372 g/mol. The van der Waals surface area contributed by atoms with Gasteiger partial charge in [0.15, 0.2) is 0 Å². The van der Waals surface area contributed by atoms with E-state index in [0.29, 0.717) is 11.1 Å². The Morgan fingerprint density at radius 2 is 1.82 bits per heavy atom. The van der Waals surface area contributed by atoms with Crippen LogP contribution < -0.4 is 0 Å². The Balaban J connectivity index is 1.98. The number of unbranched alkanes of at least 4 members (excludes halogenated alkanes) is 1. The second kappa shape index (κ2) is 8.71. The molecule has 0 amide bonds. The van der Waals surface area contributed by atoms with Crippen molar-refractivity contribution in [2.45, 2.75) is 40.0 Å². The lowest BCUT2D eigenvalue weighted by molar-refractivity contribution is 0.624. The molecule has 0 spiro atoms. The van der Waals surface area contributed by atoms with Gasteiger partial charge in [0, 0.05) is 22.6 Å². The van der Waals surface area contributed by atoms with Crippen molar-refractivity contribution in [1.82, 2.24) is 4.57 Å². The fraction of sp³-hybridized carbons (Fsp3) is 0.240. The lowest BCUT2D eigenvalue weighted by Gasteiger charge is -2.11. The molecule has 0 radical (unpaired) electrons. The Kier molecular flexibility index (Phi) is 6.11. The van der Waals surface area contributed by atoms with Gasteiger partial charge in [0.05, 0.1) is 11.6 Å². The van der Waals surface area contributed by atoms with Crippen molar-refractivity contribution in [3.05, 3.63) is 88.5 Å². The number of allylic oxidation sites excluding steroid dienone is 1. The summed E-state index contributed by atoms with van der Waals surface area (Å²) in [7, 11) is 0. The summed E-state index contributed by atoms with van der Waals surface area (Å²) in [4.78, 5) is 0. The van der Waals surface area contributed by atoms with Gasteiger partial charge in [-0.3, -0.25) is 0 Å². The molecule has 142 valence electrons. The number of aryl methyl sites for hydroxylation is 2. The first-order chi connectivity index (χ1) is 13.5. The highest BCUT2D eigenvalue weighted by Gasteiger charge is 2.12. The molecule has 1 aromatic heterocycles. The van der Waals surface area contributed by atoms with Crippen LogP contribution in [0.15, 0.2) is 54.6 Å². The molecule has 0 unspecified atom stereocenters. The standard InChI is InChI=1S/C25H25FN2/c1-4-5-8-20-11-13-23(14-12-20)28-18(2)15-21(19(28)3)16-22(17-27)24-9-6-7-10-25(24)26/h6-7,9-16H,4-5,8H2,1-3H3. The number of nitriles is 1. The molecular weight excluding hydrogens is 347 g/mol. The third kappa shape index (κ3) is 4.07. The SMILES string of the molecule is CCCCc1ccc(-n2c(C)cc(C=C(C#N)c3ccccc3F)c2C)cc1. The van der Waals surface area contributed by atoms with Gasteiger partial charge in [0.2, 0.25) is 0 Å². The molecule has 1 heterocycles. The number of hydrogen-bond acceptors (Lipinski definition) is 1. The van der Waals surface area contributed by atoms with Crippen LogP contribution in [0.1, 0.15) is 47.8 Å². The van der Waals surface area contributed by atoms with E-state index >= 15 is 0 Å². The maximum absolute atomic E-state index is 14.1. The van der Waals surface area contributed by atoms with Crippen LogP contribution in [0.4, 0.5) is 4.39 Å². The van der Waals surface area contributed by atoms with Gasteiger partial charge in [-0.05, 0) is 68.2 Å². The zero-order valence-electron chi connectivity index (χ0n) is 16.7. The van der Waals surface area contributed by atoms with E-state index in [1.165, 1.54) is 24.5 Å². The van der Waals surface area contributed by atoms with Crippen LogP contribution >= 0.6 is 0 Å². The van der Waals surface area contributed by atoms with Gasteiger partial charge in [-0.25, -0.2) is 4.39 Å². The van der Waals surface area contributed by atoms with Crippen LogP contribution in [0.5, 0.6) is 0 Å². The van der Waals surface area contributed by atoms with Crippen molar-refractivity contribution >= 4 is 11.6 Å². The molecule has 0 fully saturated rings. The molecule has 3 aromatic rings. The van der Waals surface area contributed by atoms with E-state index < -0.39 is 0 Å². The van der Waals surface area contributed by atoms with Gasteiger partial charge < -0.3 is 4.57 Å². The van der Waals surface area contributed by atoms with Crippen molar-refractivity contribution in [2.75, 3.05) is 0 Å². The highest BCUT2D eigenvalue weighted by molar-refractivity contribution is 5.90. The summed E-state index contributed by atoms with van der Waals surface area (Å²) in [6, 6.07) is 19.2. The number of hydrogen-bond donors (Lipinski definition) is 0. The Hall–Kier alpha value is -3.12. The van der Waals surface area contributed by atoms with Crippen molar-refractivity contribution in [3.8, 4) is 11.8 Å². The Bertz CT molecular complexity index is 1030. The predicted octanol–water partition coefficient (Wildman–Crippen LogP) is 6.64. The number of halogens is 1. The molecule has 0 atom stereocenters. The molecule has 0 bridgehead atoms. The van der Waals surface area contributed by atoms with Crippen molar-refractivity contribution in [1.29, 1.82) is 5.26 Å². The highest BCUT2D eigenvalue weighted by Crippen LogP contribution is 2.26. The first-order valence-electron chi connectivity index (χ1n) is 9.70. The summed E-state index contributed by atoms with van der Waals surface area (Å²) >= 11 is 0. The molecule has 2 nitrogen and oxygen atoms in total. The lowest BCUT2D eigenvalue weighted by atomic mass is 10.0. The van der Waals surface area contributed by atoms with E-state index in [-0.39, 0.29) is 5.82 Å². The van der Waals surface area contributed by atoms with Gasteiger partial charge in [-0.15, -0.1) is 0 Å². The lowest BCUT2D eigenvalue weighted by Crippen LogP contribution is -1.99. The summed E-state index contributed by atoms with van der Waals surface area (Å²) < 4.78 is 16.3. The monoisotopic (exact) mass is 372 g/mol. The minimum atomic E-state index is -0.383. The summed E-state index contributed by atoms with van der Waals surface area (Å²) in [5.41, 5.74) is 6.13. The molecule has 3 rings (SSSR count). The Morgan fingerprint density at radius 3 is 2.46 bits per heavy atom. The number of rotatable bonds is 6. The molecule has 0 N–H and O–H groups in total. The molecule has 0 aliphatic heterocycles. The highest BCUT2D eigenvalue weighted by atomic mass is 19.1. The summed E-state index contributed by atoms with van der Waals surface area (Å²) in [5.74, 6) is -0.383. The minimum Gasteiger partial charge on any atom is -0.318 e. The maximum Gasteiger partial charge on any atom is 0.131 e. The molecule has 0 aliphatic rings. The van der Waals surface area contributed by atoms with Crippen molar-refractivity contribution < 1.29 is 4.39 Å². The average Bonchev–Trinajstić information content (AvgIpc) is 2.98. The minimum absolute atomic E-state index is 0.327. The zero-order chi connectivity index (χ0) is 20.1. The van der Waals surface area contributed by atoms with Gasteiger partial charge >= 0.3 is 0 Å². The molecular formula is C25H25FN2. The van der Waals surface area contributed by atoms with Gasteiger partial charge in [0.1, 0.15) is 5.82 Å². The largest absolute Gasteiger partial charge is 0.318 e. The van der Waals surface area contributed by atoms with E-state index in [1.807, 2.05) is 19.9 Å². The number of benzene rings is 2. The molecule has 3 heteroatoms. The van der Waals surface area contributed by atoms with Crippen LogP contribution in [0, 0.1) is 31.0 Å². The number of aromatic nitrogens is 1. The smallest absolute Gasteiger partial charge is 0.131 e. The van der Waals surface area contributed by atoms with E-state index in [1.54, 1.807) is 24.3 Å². The molecule has 0 saturated heterocycles. The zero-order valence-corrected chi connectivity index (χ0v) is 16.7. The van der Waals surface area contributed by atoms with E-state index in [9.17, 15) is 9.65 Å². The van der Waals surface area contributed by atoms with Crippen LogP contribution in [-0.4, -0.2) is 4.57 Å². The maximum atomic E-state index is 14.1. The summed E-state index contributed by atoms with van der Waals surface area (Å²) in [6.45, 7) is 6.28. The predicted molar refractivity (Wildman–Crippen MR) is 114 cm³/mol. The summed E-state index contributed by atoms with van der Waals surface area (Å²) in [5, 5.41) is 9.56. The van der Waals surface area contributed by atoms with E-state index in [2.05, 4.69) is 41.8 Å². The van der Waals surface area contributed by atoms with Crippen LogP contribution in [0.25, 0.3) is 17.3 Å². The van der Waals surface area contributed by atoms with E-state index in [0.717, 1.165) is 29.1 Å². The van der Waals surface area contributed by atoms with Crippen LogP contribution in [0.3, 0.4) is 0 Å². The van der Waals surface area contributed by atoms with Gasteiger partial charge in [0.25, 0.3) is 0 Å². The number of nitrogens with zero attached hydrogens (tertiary/aromatic N) is 2. The second-order valence-electron chi connectivity index (χ2n) is 7.08. The van der Waals surface area contributed by atoms with Gasteiger partial charge in [-0.1, -0.05) is 43.7 Å². The quantitative estimate of drug-likeness (QED) is 0.446. The first kappa shape index (κ1) is 19.6.